The maximum absolute atomic E-state index is 7.87. The molecule has 0 atom stereocenters. The number of pyridine rings is 1. The summed E-state index contributed by atoms with van der Waals surface area (Å²) in [6.07, 6.45) is 1.71. The number of anilines is 1. The fourth-order valence-electron chi connectivity index (χ4n) is 1.81. The van der Waals surface area contributed by atoms with Gasteiger partial charge in [0.2, 0.25) is 0 Å². The predicted octanol–water partition coefficient (Wildman–Crippen LogP) is 2.54. The molecule has 0 saturated heterocycles. The first kappa shape index (κ1) is 13.9. The monoisotopic (exact) mass is 270 g/mol. The van der Waals surface area contributed by atoms with Gasteiger partial charge in [-0.15, -0.1) is 0 Å². The predicted molar refractivity (Wildman–Crippen MR) is 80.2 cm³/mol. The molecule has 2 rings (SSSR count). The molecule has 0 aliphatic rings. The van der Waals surface area contributed by atoms with E-state index in [9.17, 15) is 0 Å². The molecular weight excluding hydrogens is 252 g/mol. The minimum atomic E-state index is 0.203. The Morgan fingerprint density at radius 1 is 1.30 bits per heavy atom. The maximum Gasteiger partial charge on any atom is 0.194 e. The van der Waals surface area contributed by atoms with E-state index in [1.165, 1.54) is 0 Å². The van der Waals surface area contributed by atoms with Gasteiger partial charge in [-0.05, 0) is 30.7 Å². The molecule has 0 bridgehead atoms. The molecule has 0 radical (unpaired) electrons. The standard InChI is InChI=1S/C15H18N4O/c1-11-7-8-17-14(9-11)19-15(16)18-10-12-5-3-4-6-13(12)20-2/h3-9H,10H2,1-2H3,(H3,16,17,18,19). The molecule has 0 saturated carbocycles. The molecule has 3 N–H and O–H groups in total. The van der Waals surface area contributed by atoms with Gasteiger partial charge in [0.25, 0.3) is 0 Å². The Morgan fingerprint density at radius 3 is 2.85 bits per heavy atom. The van der Waals surface area contributed by atoms with Crippen molar-refractivity contribution in [3.8, 4) is 5.75 Å². The van der Waals surface area contributed by atoms with Crippen LogP contribution in [0.25, 0.3) is 0 Å². The average Bonchev–Trinajstić information content (AvgIpc) is 2.45. The first-order valence-corrected chi connectivity index (χ1v) is 6.33. The van der Waals surface area contributed by atoms with Gasteiger partial charge in [0.15, 0.2) is 5.96 Å². The largest absolute Gasteiger partial charge is 0.496 e. The van der Waals surface area contributed by atoms with E-state index in [0.29, 0.717) is 12.4 Å². The normalized spacial score (nSPS) is 9.90. The lowest BCUT2D eigenvalue weighted by molar-refractivity contribution is 0.409. The van der Waals surface area contributed by atoms with E-state index in [-0.39, 0.29) is 5.96 Å². The lowest BCUT2D eigenvalue weighted by Gasteiger charge is -2.12. The molecule has 0 fully saturated rings. The van der Waals surface area contributed by atoms with Crippen molar-refractivity contribution in [2.45, 2.75) is 13.5 Å². The van der Waals surface area contributed by atoms with E-state index in [4.69, 9.17) is 10.1 Å². The quantitative estimate of drug-likeness (QED) is 0.590. The third kappa shape index (κ3) is 3.71. The lowest BCUT2D eigenvalue weighted by Crippen LogP contribution is -2.29. The van der Waals surface area contributed by atoms with Crippen LogP contribution in [0.15, 0.2) is 42.6 Å². The number of para-hydroxylation sites is 1. The number of ether oxygens (including phenoxy) is 1. The number of rotatable bonds is 4. The van der Waals surface area contributed by atoms with Crippen LogP contribution < -0.4 is 15.4 Å². The van der Waals surface area contributed by atoms with Gasteiger partial charge >= 0.3 is 0 Å². The molecule has 0 amide bonds. The number of hydrogen-bond donors (Lipinski definition) is 3. The fourth-order valence-corrected chi connectivity index (χ4v) is 1.81. The molecule has 5 heteroatoms. The highest BCUT2D eigenvalue weighted by Gasteiger charge is 2.03. The Labute approximate surface area is 118 Å². The number of benzene rings is 1. The van der Waals surface area contributed by atoms with Crippen LogP contribution in [0.2, 0.25) is 0 Å². The zero-order valence-corrected chi connectivity index (χ0v) is 11.6. The van der Waals surface area contributed by atoms with Crippen molar-refractivity contribution >= 4 is 11.8 Å². The van der Waals surface area contributed by atoms with Crippen molar-refractivity contribution in [3.05, 3.63) is 53.7 Å². The number of methoxy groups -OCH3 is 1. The second-order valence-corrected chi connectivity index (χ2v) is 4.38. The third-order valence-corrected chi connectivity index (χ3v) is 2.82. The van der Waals surface area contributed by atoms with Crippen LogP contribution in [0.1, 0.15) is 11.1 Å². The number of aryl methyl sites for hydroxylation is 1. The average molecular weight is 270 g/mol. The Kier molecular flexibility index (Phi) is 4.55. The van der Waals surface area contributed by atoms with Crippen LogP contribution in [0.4, 0.5) is 5.82 Å². The Bertz CT molecular complexity index is 598. The molecule has 1 heterocycles. The first-order valence-electron chi connectivity index (χ1n) is 6.33. The van der Waals surface area contributed by atoms with Gasteiger partial charge in [-0.1, -0.05) is 18.2 Å². The van der Waals surface area contributed by atoms with Crippen LogP contribution in [-0.4, -0.2) is 18.1 Å². The summed E-state index contributed by atoms with van der Waals surface area (Å²) in [6, 6.07) is 11.5. The second kappa shape index (κ2) is 6.56. The summed E-state index contributed by atoms with van der Waals surface area (Å²) in [5.74, 6) is 1.66. The van der Waals surface area contributed by atoms with Gasteiger partial charge in [-0.2, -0.15) is 0 Å². The summed E-state index contributed by atoms with van der Waals surface area (Å²) in [5.41, 5.74) is 2.10. The summed E-state index contributed by atoms with van der Waals surface area (Å²) in [4.78, 5) is 4.15. The highest BCUT2D eigenvalue weighted by Crippen LogP contribution is 2.16. The molecule has 20 heavy (non-hydrogen) atoms. The van der Waals surface area contributed by atoms with E-state index >= 15 is 0 Å². The van der Waals surface area contributed by atoms with Crippen molar-refractivity contribution in [2.24, 2.45) is 0 Å². The van der Waals surface area contributed by atoms with Crippen molar-refractivity contribution in [3.63, 3.8) is 0 Å². The van der Waals surface area contributed by atoms with Gasteiger partial charge in [-0.25, -0.2) is 4.98 Å². The number of nitrogens with zero attached hydrogens (tertiary/aromatic N) is 1. The van der Waals surface area contributed by atoms with Crippen LogP contribution in [0, 0.1) is 12.3 Å². The molecule has 1 aromatic carbocycles. The highest BCUT2D eigenvalue weighted by molar-refractivity contribution is 5.90. The molecule has 2 aromatic rings. The summed E-state index contributed by atoms with van der Waals surface area (Å²) >= 11 is 0. The minimum Gasteiger partial charge on any atom is -0.496 e. The van der Waals surface area contributed by atoms with Gasteiger partial charge in [0.1, 0.15) is 11.6 Å². The third-order valence-electron chi connectivity index (χ3n) is 2.82. The molecule has 0 aliphatic heterocycles. The number of nitrogens with one attached hydrogen (secondary N) is 3. The Hall–Kier alpha value is -2.56. The number of hydrogen-bond acceptors (Lipinski definition) is 3. The summed E-state index contributed by atoms with van der Waals surface area (Å²) in [5, 5.41) is 13.8. The van der Waals surface area contributed by atoms with Crippen molar-refractivity contribution in [1.29, 1.82) is 5.41 Å². The van der Waals surface area contributed by atoms with Crippen LogP contribution in [-0.2, 0) is 6.54 Å². The van der Waals surface area contributed by atoms with E-state index in [1.54, 1.807) is 13.3 Å². The van der Waals surface area contributed by atoms with Gasteiger partial charge < -0.3 is 15.4 Å². The van der Waals surface area contributed by atoms with Crippen LogP contribution in [0.5, 0.6) is 5.75 Å². The van der Waals surface area contributed by atoms with Gasteiger partial charge in [0, 0.05) is 18.3 Å². The molecular formula is C15H18N4O. The number of guanidine groups is 1. The molecule has 0 aliphatic carbocycles. The first-order chi connectivity index (χ1) is 9.69. The lowest BCUT2D eigenvalue weighted by atomic mass is 10.2. The Morgan fingerprint density at radius 2 is 2.10 bits per heavy atom. The number of aromatic nitrogens is 1. The molecule has 0 unspecified atom stereocenters. The van der Waals surface area contributed by atoms with E-state index in [0.717, 1.165) is 16.9 Å². The molecule has 0 spiro atoms. The topological polar surface area (TPSA) is 70.0 Å². The molecule has 1 aromatic heterocycles. The van der Waals surface area contributed by atoms with E-state index in [2.05, 4.69) is 15.6 Å². The van der Waals surface area contributed by atoms with Crippen molar-refractivity contribution in [2.75, 3.05) is 12.4 Å². The summed E-state index contributed by atoms with van der Waals surface area (Å²) < 4.78 is 5.27. The fraction of sp³-hybridized carbons (Fsp3) is 0.200. The van der Waals surface area contributed by atoms with E-state index in [1.807, 2.05) is 43.3 Å². The van der Waals surface area contributed by atoms with Crippen LogP contribution in [0.3, 0.4) is 0 Å². The second-order valence-electron chi connectivity index (χ2n) is 4.38. The van der Waals surface area contributed by atoms with Crippen LogP contribution >= 0.6 is 0 Å². The zero-order chi connectivity index (χ0) is 14.4. The van der Waals surface area contributed by atoms with Gasteiger partial charge in [-0.3, -0.25) is 5.41 Å². The van der Waals surface area contributed by atoms with Crippen molar-refractivity contribution in [1.82, 2.24) is 10.3 Å². The molecule has 104 valence electrons. The SMILES string of the molecule is COc1ccccc1CNC(=N)Nc1cc(C)ccn1. The maximum atomic E-state index is 7.87. The zero-order valence-electron chi connectivity index (χ0n) is 11.6. The van der Waals surface area contributed by atoms with Gasteiger partial charge in [0.05, 0.1) is 7.11 Å². The summed E-state index contributed by atoms with van der Waals surface area (Å²) in [6.45, 7) is 2.50. The molecule has 5 nitrogen and oxygen atoms in total. The minimum absolute atomic E-state index is 0.203. The van der Waals surface area contributed by atoms with E-state index < -0.39 is 0 Å². The smallest absolute Gasteiger partial charge is 0.194 e. The van der Waals surface area contributed by atoms with Crippen molar-refractivity contribution < 1.29 is 4.74 Å². The summed E-state index contributed by atoms with van der Waals surface area (Å²) in [7, 11) is 1.64. The highest BCUT2D eigenvalue weighted by atomic mass is 16.5. The Balaban J connectivity index is 1.92.